The number of aromatic nitrogens is 2. The first-order chi connectivity index (χ1) is 9.69. The lowest BCUT2D eigenvalue weighted by atomic mass is 10.1. The molecule has 0 fully saturated rings. The Labute approximate surface area is 115 Å². The second kappa shape index (κ2) is 4.70. The Hall–Kier alpha value is -2.81. The predicted octanol–water partition coefficient (Wildman–Crippen LogP) is 1.48. The number of hydrogen-bond acceptors (Lipinski definition) is 4. The number of aryl methyl sites for hydroxylation is 1. The molecular weight excluding hydrogens is 256 g/mol. The average Bonchev–Trinajstić information content (AvgIpc) is 3.05. The van der Waals surface area contributed by atoms with Crippen molar-refractivity contribution in [2.75, 3.05) is 11.9 Å². The molecule has 3 rings (SSSR count). The fourth-order valence-electron chi connectivity index (χ4n) is 2.18. The van der Waals surface area contributed by atoms with Crippen LogP contribution in [0.2, 0.25) is 0 Å². The number of rotatable bonds is 2. The van der Waals surface area contributed by atoms with Crippen molar-refractivity contribution < 1.29 is 9.53 Å². The molecule has 2 aromatic rings. The summed E-state index contributed by atoms with van der Waals surface area (Å²) in [6.45, 7) is 0.653. The van der Waals surface area contributed by atoms with Crippen LogP contribution in [0.5, 0.6) is 5.75 Å². The number of nitrogens with zero attached hydrogens (tertiary/aromatic N) is 3. The van der Waals surface area contributed by atoms with Gasteiger partial charge in [-0.15, -0.1) is 0 Å². The summed E-state index contributed by atoms with van der Waals surface area (Å²) in [7, 11) is 1.67. The number of carbonyl (C=O) groups is 1. The zero-order valence-corrected chi connectivity index (χ0v) is 10.9. The van der Waals surface area contributed by atoms with Gasteiger partial charge in [-0.3, -0.25) is 9.48 Å². The van der Waals surface area contributed by atoms with Gasteiger partial charge >= 0.3 is 0 Å². The number of anilines is 1. The van der Waals surface area contributed by atoms with Crippen LogP contribution in [0.25, 0.3) is 0 Å². The molecule has 1 aliphatic rings. The first-order valence-corrected chi connectivity index (χ1v) is 6.18. The number of carbonyl (C=O) groups excluding carboxylic acids is 1. The van der Waals surface area contributed by atoms with Crippen LogP contribution in [0.4, 0.5) is 5.82 Å². The van der Waals surface area contributed by atoms with Gasteiger partial charge in [0.1, 0.15) is 23.2 Å². The van der Waals surface area contributed by atoms with Gasteiger partial charge in [0.15, 0.2) is 0 Å². The van der Waals surface area contributed by atoms with Crippen molar-refractivity contribution in [2.45, 2.75) is 6.42 Å². The Balaban J connectivity index is 1.87. The average molecular weight is 268 g/mol. The highest BCUT2D eigenvalue weighted by molar-refractivity contribution is 6.04. The van der Waals surface area contributed by atoms with E-state index in [0.717, 1.165) is 17.7 Å². The van der Waals surface area contributed by atoms with Crippen LogP contribution in [-0.4, -0.2) is 22.3 Å². The zero-order valence-electron chi connectivity index (χ0n) is 10.9. The molecule has 6 nitrogen and oxygen atoms in total. The lowest BCUT2D eigenvalue weighted by molar-refractivity contribution is 0.102. The van der Waals surface area contributed by atoms with E-state index in [4.69, 9.17) is 10.00 Å². The topological polar surface area (TPSA) is 79.9 Å². The summed E-state index contributed by atoms with van der Waals surface area (Å²) in [6.07, 6.45) is 2.23. The van der Waals surface area contributed by atoms with E-state index in [0.29, 0.717) is 23.6 Å². The molecule has 0 radical (unpaired) electrons. The van der Waals surface area contributed by atoms with E-state index < -0.39 is 0 Å². The zero-order chi connectivity index (χ0) is 14.1. The molecule has 100 valence electrons. The Morgan fingerprint density at radius 1 is 1.55 bits per heavy atom. The van der Waals surface area contributed by atoms with Crippen LogP contribution in [0.3, 0.4) is 0 Å². The van der Waals surface area contributed by atoms with Gasteiger partial charge in [0, 0.05) is 19.0 Å². The van der Waals surface area contributed by atoms with Crippen molar-refractivity contribution in [1.82, 2.24) is 9.78 Å². The highest BCUT2D eigenvalue weighted by Crippen LogP contribution is 2.26. The number of nitrogens with one attached hydrogen (secondary N) is 1. The van der Waals surface area contributed by atoms with Crippen LogP contribution in [0.15, 0.2) is 24.4 Å². The van der Waals surface area contributed by atoms with Gasteiger partial charge in [-0.1, -0.05) is 0 Å². The minimum Gasteiger partial charge on any atom is -0.493 e. The van der Waals surface area contributed by atoms with E-state index in [9.17, 15) is 4.79 Å². The van der Waals surface area contributed by atoms with Crippen molar-refractivity contribution in [3.63, 3.8) is 0 Å². The van der Waals surface area contributed by atoms with Gasteiger partial charge in [0.2, 0.25) is 0 Å². The predicted molar refractivity (Wildman–Crippen MR) is 71.5 cm³/mol. The quantitative estimate of drug-likeness (QED) is 0.894. The molecule has 1 aromatic heterocycles. The van der Waals surface area contributed by atoms with Gasteiger partial charge in [-0.2, -0.15) is 10.4 Å². The largest absolute Gasteiger partial charge is 0.493 e. The van der Waals surface area contributed by atoms with Crippen molar-refractivity contribution in [3.05, 3.63) is 41.1 Å². The van der Waals surface area contributed by atoms with Gasteiger partial charge in [0.25, 0.3) is 5.91 Å². The SMILES string of the molecule is Cn1ncc(C#N)c1NC(=O)c1ccc2c(c1)CCO2. The third kappa shape index (κ3) is 1.99. The molecule has 6 heteroatoms. The molecule has 0 spiro atoms. The summed E-state index contributed by atoms with van der Waals surface area (Å²) in [5, 5.41) is 15.6. The standard InChI is InChI=1S/C14H12N4O2/c1-18-13(11(7-15)8-16-18)17-14(19)10-2-3-12-9(6-10)4-5-20-12/h2-3,6,8H,4-5H2,1H3,(H,17,19). The second-order valence-corrected chi connectivity index (χ2v) is 4.52. The van der Waals surface area contributed by atoms with Crippen molar-refractivity contribution in [3.8, 4) is 11.8 Å². The maximum absolute atomic E-state index is 12.2. The molecular formula is C14H12N4O2. The second-order valence-electron chi connectivity index (χ2n) is 4.52. The summed E-state index contributed by atoms with van der Waals surface area (Å²) in [6, 6.07) is 7.32. The molecule has 0 saturated carbocycles. The summed E-state index contributed by atoms with van der Waals surface area (Å²) in [5.41, 5.74) is 1.91. The molecule has 1 N–H and O–H groups in total. The number of nitriles is 1. The first kappa shape index (κ1) is 12.2. The summed E-state index contributed by atoms with van der Waals surface area (Å²) >= 11 is 0. The van der Waals surface area contributed by atoms with E-state index in [1.165, 1.54) is 10.9 Å². The molecule has 2 heterocycles. The molecule has 0 atom stereocenters. The fraction of sp³-hybridized carbons (Fsp3) is 0.214. The third-order valence-corrected chi connectivity index (χ3v) is 3.24. The molecule has 0 aliphatic carbocycles. The minimum absolute atomic E-state index is 0.264. The molecule has 0 unspecified atom stereocenters. The smallest absolute Gasteiger partial charge is 0.256 e. The maximum atomic E-state index is 12.2. The normalized spacial score (nSPS) is 12.4. The highest BCUT2D eigenvalue weighted by Gasteiger charge is 2.17. The Morgan fingerprint density at radius 2 is 2.40 bits per heavy atom. The van der Waals surface area contributed by atoms with Crippen LogP contribution < -0.4 is 10.1 Å². The van der Waals surface area contributed by atoms with E-state index in [-0.39, 0.29) is 5.91 Å². The van der Waals surface area contributed by atoms with Crippen LogP contribution in [0.1, 0.15) is 21.5 Å². The van der Waals surface area contributed by atoms with E-state index in [2.05, 4.69) is 10.4 Å². The van der Waals surface area contributed by atoms with Gasteiger partial charge in [-0.05, 0) is 23.8 Å². The van der Waals surface area contributed by atoms with Gasteiger partial charge < -0.3 is 10.1 Å². The lowest BCUT2D eigenvalue weighted by Crippen LogP contribution is -2.15. The number of fused-ring (bicyclic) bond motifs is 1. The van der Waals surface area contributed by atoms with Gasteiger partial charge in [-0.25, -0.2) is 0 Å². The Bertz CT molecular complexity index is 727. The number of hydrogen-bond donors (Lipinski definition) is 1. The third-order valence-electron chi connectivity index (χ3n) is 3.24. The number of ether oxygens (including phenoxy) is 1. The van der Waals surface area contributed by atoms with E-state index in [1.807, 2.05) is 12.1 Å². The van der Waals surface area contributed by atoms with Crippen molar-refractivity contribution >= 4 is 11.7 Å². The fourth-order valence-corrected chi connectivity index (χ4v) is 2.18. The summed E-state index contributed by atoms with van der Waals surface area (Å²) < 4.78 is 6.87. The summed E-state index contributed by atoms with van der Waals surface area (Å²) in [4.78, 5) is 12.2. The Kier molecular flexibility index (Phi) is 2.88. The maximum Gasteiger partial charge on any atom is 0.256 e. The molecule has 20 heavy (non-hydrogen) atoms. The van der Waals surface area contributed by atoms with Crippen LogP contribution >= 0.6 is 0 Å². The molecule has 1 aromatic carbocycles. The first-order valence-electron chi connectivity index (χ1n) is 6.18. The molecule has 1 aliphatic heterocycles. The van der Waals surface area contributed by atoms with Crippen molar-refractivity contribution in [2.24, 2.45) is 7.05 Å². The highest BCUT2D eigenvalue weighted by atomic mass is 16.5. The number of benzene rings is 1. The molecule has 0 saturated heterocycles. The molecule has 0 bridgehead atoms. The van der Waals surface area contributed by atoms with Crippen molar-refractivity contribution in [1.29, 1.82) is 5.26 Å². The lowest BCUT2D eigenvalue weighted by Gasteiger charge is -2.07. The minimum atomic E-state index is -0.264. The Morgan fingerprint density at radius 3 is 3.20 bits per heavy atom. The monoisotopic (exact) mass is 268 g/mol. The molecule has 1 amide bonds. The van der Waals surface area contributed by atoms with Crippen LogP contribution in [-0.2, 0) is 13.5 Å². The number of amides is 1. The van der Waals surface area contributed by atoms with E-state index in [1.54, 1.807) is 19.2 Å². The van der Waals surface area contributed by atoms with Gasteiger partial charge in [0.05, 0.1) is 12.8 Å². The van der Waals surface area contributed by atoms with E-state index >= 15 is 0 Å². The summed E-state index contributed by atoms with van der Waals surface area (Å²) in [5.74, 6) is 0.967. The van der Waals surface area contributed by atoms with Crippen LogP contribution in [0, 0.1) is 11.3 Å².